The van der Waals surface area contributed by atoms with Gasteiger partial charge in [-0.3, -0.25) is 4.48 Å². The number of likely N-dealkylation sites (N-methyl/N-ethyl adjacent to an activating group) is 1. The van der Waals surface area contributed by atoms with Crippen molar-refractivity contribution in [1.29, 1.82) is 0 Å². The summed E-state index contributed by atoms with van der Waals surface area (Å²) in [7, 11) is 2.16. The third-order valence-corrected chi connectivity index (χ3v) is 2.13. The van der Waals surface area contributed by atoms with Crippen molar-refractivity contribution in [1.82, 2.24) is 0 Å². The SMILES string of the molecule is CCC[N+]1(C)C=NC(CO)C1. The molecule has 0 amide bonds. The van der Waals surface area contributed by atoms with Gasteiger partial charge in [-0.15, -0.1) is 0 Å². The van der Waals surface area contributed by atoms with Crippen molar-refractivity contribution < 1.29 is 9.59 Å². The molecule has 0 aromatic carbocycles. The summed E-state index contributed by atoms with van der Waals surface area (Å²) in [4.78, 5) is 4.22. The molecule has 1 aliphatic rings. The summed E-state index contributed by atoms with van der Waals surface area (Å²) in [6.45, 7) is 4.45. The molecule has 11 heavy (non-hydrogen) atoms. The molecular formula is C8H17N2O+. The van der Waals surface area contributed by atoms with Crippen LogP contribution >= 0.6 is 0 Å². The minimum Gasteiger partial charge on any atom is -0.394 e. The van der Waals surface area contributed by atoms with Crippen LogP contribution in [-0.4, -0.2) is 48.7 Å². The van der Waals surface area contributed by atoms with E-state index in [0.29, 0.717) is 0 Å². The lowest BCUT2D eigenvalue weighted by atomic mass is 10.3. The van der Waals surface area contributed by atoms with E-state index >= 15 is 0 Å². The van der Waals surface area contributed by atoms with Crippen molar-refractivity contribution >= 4 is 6.34 Å². The highest BCUT2D eigenvalue weighted by Crippen LogP contribution is 2.11. The first-order valence-electron chi connectivity index (χ1n) is 4.19. The Kier molecular flexibility index (Phi) is 2.62. The number of aliphatic imine (C=N–C) groups is 1. The Morgan fingerprint density at radius 2 is 2.45 bits per heavy atom. The lowest BCUT2D eigenvalue weighted by Gasteiger charge is -2.24. The van der Waals surface area contributed by atoms with Gasteiger partial charge in [0.1, 0.15) is 12.6 Å². The Morgan fingerprint density at radius 1 is 1.73 bits per heavy atom. The number of quaternary nitrogens is 1. The van der Waals surface area contributed by atoms with Crippen LogP contribution in [-0.2, 0) is 0 Å². The maximum absolute atomic E-state index is 8.84. The van der Waals surface area contributed by atoms with Crippen LogP contribution in [0.3, 0.4) is 0 Å². The number of aliphatic hydroxyl groups excluding tert-OH is 1. The first-order valence-corrected chi connectivity index (χ1v) is 4.19. The van der Waals surface area contributed by atoms with Crippen LogP contribution in [0.25, 0.3) is 0 Å². The molecule has 0 spiro atoms. The molecule has 0 saturated heterocycles. The molecule has 1 aliphatic heterocycles. The van der Waals surface area contributed by atoms with Gasteiger partial charge in [0.2, 0.25) is 0 Å². The third kappa shape index (κ3) is 2.01. The molecule has 3 heteroatoms. The van der Waals surface area contributed by atoms with E-state index in [4.69, 9.17) is 5.11 Å². The Hall–Kier alpha value is -0.410. The lowest BCUT2D eigenvalue weighted by molar-refractivity contribution is -0.809. The molecule has 0 aliphatic carbocycles. The molecule has 0 saturated carbocycles. The first kappa shape index (κ1) is 8.68. The summed E-state index contributed by atoms with van der Waals surface area (Å²) in [5.41, 5.74) is 0. The van der Waals surface area contributed by atoms with E-state index in [1.54, 1.807) is 0 Å². The molecule has 3 nitrogen and oxygen atoms in total. The normalized spacial score (nSPS) is 36.5. The van der Waals surface area contributed by atoms with Crippen molar-refractivity contribution in [3.8, 4) is 0 Å². The van der Waals surface area contributed by atoms with Crippen LogP contribution in [0.2, 0.25) is 0 Å². The van der Waals surface area contributed by atoms with E-state index < -0.39 is 0 Å². The Labute approximate surface area is 67.9 Å². The molecule has 2 atom stereocenters. The predicted octanol–water partition coefficient (Wildman–Crippen LogP) is 0.246. The number of rotatable bonds is 3. The van der Waals surface area contributed by atoms with Crippen LogP contribution in [0.4, 0.5) is 0 Å². The zero-order valence-electron chi connectivity index (χ0n) is 7.32. The van der Waals surface area contributed by atoms with Crippen molar-refractivity contribution in [2.45, 2.75) is 19.4 Å². The predicted molar refractivity (Wildman–Crippen MR) is 45.6 cm³/mol. The fraction of sp³-hybridized carbons (Fsp3) is 0.875. The summed E-state index contributed by atoms with van der Waals surface area (Å²) in [5, 5.41) is 8.84. The summed E-state index contributed by atoms with van der Waals surface area (Å²) >= 11 is 0. The summed E-state index contributed by atoms with van der Waals surface area (Å²) < 4.78 is 0.891. The maximum Gasteiger partial charge on any atom is 0.185 e. The zero-order chi connectivity index (χ0) is 8.32. The third-order valence-electron chi connectivity index (χ3n) is 2.13. The monoisotopic (exact) mass is 157 g/mol. The number of aliphatic hydroxyl groups is 1. The quantitative estimate of drug-likeness (QED) is 0.585. The number of nitrogens with zero attached hydrogens (tertiary/aromatic N) is 2. The van der Waals surface area contributed by atoms with Crippen LogP contribution in [0.15, 0.2) is 4.99 Å². The highest BCUT2D eigenvalue weighted by Gasteiger charge is 2.29. The smallest absolute Gasteiger partial charge is 0.185 e. The zero-order valence-corrected chi connectivity index (χ0v) is 7.32. The molecule has 0 aromatic heterocycles. The lowest BCUT2D eigenvalue weighted by Crippen LogP contribution is -2.43. The van der Waals surface area contributed by atoms with Gasteiger partial charge in [0.05, 0.1) is 20.2 Å². The number of hydrogen-bond donors (Lipinski definition) is 1. The standard InChI is InChI=1S/C8H17N2O/c1-3-4-10(2)5-8(6-11)9-7-10/h7-8,11H,3-6H2,1-2H3/q+1. The second-order valence-electron chi connectivity index (χ2n) is 3.49. The summed E-state index contributed by atoms with van der Waals surface area (Å²) in [6, 6.07) is 0.145. The molecule has 1 heterocycles. The van der Waals surface area contributed by atoms with E-state index in [9.17, 15) is 0 Å². The minimum absolute atomic E-state index is 0.145. The maximum atomic E-state index is 8.84. The largest absolute Gasteiger partial charge is 0.394 e. The van der Waals surface area contributed by atoms with Crippen molar-refractivity contribution in [2.24, 2.45) is 4.99 Å². The van der Waals surface area contributed by atoms with E-state index in [1.807, 2.05) is 6.34 Å². The fourth-order valence-electron chi connectivity index (χ4n) is 1.60. The van der Waals surface area contributed by atoms with E-state index in [2.05, 4.69) is 19.0 Å². The molecule has 0 radical (unpaired) electrons. The van der Waals surface area contributed by atoms with Gasteiger partial charge in [-0.2, -0.15) is 0 Å². The molecule has 0 bridgehead atoms. The van der Waals surface area contributed by atoms with Crippen LogP contribution in [0.5, 0.6) is 0 Å². The van der Waals surface area contributed by atoms with Gasteiger partial charge in [0.25, 0.3) is 0 Å². The molecule has 1 rings (SSSR count). The Morgan fingerprint density at radius 3 is 2.91 bits per heavy atom. The van der Waals surface area contributed by atoms with Crippen LogP contribution in [0.1, 0.15) is 13.3 Å². The van der Waals surface area contributed by atoms with Crippen molar-refractivity contribution in [3.05, 3.63) is 0 Å². The topological polar surface area (TPSA) is 32.6 Å². The van der Waals surface area contributed by atoms with E-state index in [0.717, 1.165) is 17.6 Å². The van der Waals surface area contributed by atoms with Crippen molar-refractivity contribution in [3.63, 3.8) is 0 Å². The van der Waals surface area contributed by atoms with Crippen molar-refractivity contribution in [2.75, 3.05) is 26.7 Å². The molecule has 64 valence electrons. The highest BCUT2D eigenvalue weighted by molar-refractivity contribution is 5.48. The summed E-state index contributed by atoms with van der Waals surface area (Å²) in [6.07, 6.45) is 3.13. The molecular weight excluding hydrogens is 140 g/mol. The number of hydrogen-bond acceptors (Lipinski definition) is 2. The average Bonchev–Trinajstić information content (AvgIpc) is 2.33. The Balaban J connectivity index is 2.45. The Bertz CT molecular complexity index is 158. The van der Waals surface area contributed by atoms with Gasteiger partial charge in [-0.05, 0) is 6.42 Å². The molecule has 2 unspecified atom stereocenters. The average molecular weight is 157 g/mol. The minimum atomic E-state index is 0.145. The van der Waals surface area contributed by atoms with Gasteiger partial charge < -0.3 is 5.11 Å². The van der Waals surface area contributed by atoms with Crippen LogP contribution in [0, 0.1) is 0 Å². The second kappa shape index (κ2) is 3.32. The molecule has 0 aromatic rings. The highest BCUT2D eigenvalue weighted by atomic mass is 16.3. The van der Waals surface area contributed by atoms with E-state index in [1.165, 1.54) is 6.42 Å². The van der Waals surface area contributed by atoms with E-state index in [-0.39, 0.29) is 12.6 Å². The molecule has 1 N–H and O–H groups in total. The second-order valence-corrected chi connectivity index (χ2v) is 3.49. The fourth-order valence-corrected chi connectivity index (χ4v) is 1.60. The van der Waals surface area contributed by atoms with Gasteiger partial charge in [0, 0.05) is 0 Å². The van der Waals surface area contributed by atoms with Crippen LogP contribution < -0.4 is 0 Å². The molecule has 0 fully saturated rings. The van der Waals surface area contributed by atoms with Gasteiger partial charge >= 0.3 is 0 Å². The first-order chi connectivity index (χ1) is 5.20. The van der Waals surface area contributed by atoms with Gasteiger partial charge in [-0.1, -0.05) is 6.92 Å². The van der Waals surface area contributed by atoms with Gasteiger partial charge in [0.15, 0.2) is 6.34 Å². The van der Waals surface area contributed by atoms with Gasteiger partial charge in [-0.25, -0.2) is 4.99 Å². The summed E-state index contributed by atoms with van der Waals surface area (Å²) in [5.74, 6) is 0.